The van der Waals surface area contributed by atoms with E-state index in [2.05, 4.69) is 74.7 Å². The van der Waals surface area contributed by atoms with E-state index in [0.29, 0.717) is 6.04 Å². The molecule has 3 aromatic rings. The van der Waals surface area contributed by atoms with Gasteiger partial charge < -0.3 is 10.6 Å². The van der Waals surface area contributed by atoms with Crippen molar-refractivity contribution < 1.29 is 0 Å². The van der Waals surface area contributed by atoms with E-state index in [0.717, 1.165) is 18.3 Å². The first-order chi connectivity index (χ1) is 16.0. The molecule has 2 aliphatic rings. The van der Waals surface area contributed by atoms with E-state index in [1.807, 2.05) is 6.20 Å². The summed E-state index contributed by atoms with van der Waals surface area (Å²) in [6.07, 6.45) is 9.99. The lowest BCUT2D eigenvalue weighted by Crippen LogP contribution is -2.15. The van der Waals surface area contributed by atoms with Gasteiger partial charge in [0.2, 0.25) is 0 Å². The maximum absolute atomic E-state index is 4.77. The number of rotatable bonds is 7. The number of aromatic nitrogens is 1. The summed E-state index contributed by atoms with van der Waals surface area (Å²) >= 11 is 0. The molecule has 5 rings (SSSR count). The lowest BCUT2D eigenvalue weighted by Gasteiger charge is -2.21. The van der Waals surface area contributed by atoms with Crippen LogP contribution in [0.15, 0.2) is 42.6 Å². The number of nitrogens with one attached hydrogen (secondary N) is 2. The molecule has 0 spiro atoms. The minimum absolute atomic E-state index is 0.589. The van der Waals surface area contributed by atoms with Gasteiger partial charge in [0.25, 0.3) is 0 Å². The number of benzene rings is 2. The molecule has 0 saturated heterocycles. The van der Waals surface area contributed by atoms with Crippen molar-refractivity contribution in [2.45, 2.75) is 72.3 Å². The number of pyridine rings is 1. The fourth-order valence-corrected chi connectivity index (χ4v) is 5.42. The monoisotopic (exact) mass is 439 g/mol. The second kappa shape index (κ2) is 9.21. The topological polar surface area (TPSA) is 37.0 Å². The van der Waals surface area contributed by atoms with Crippen LogP contribution in [0.2, 0.25) is 0 Å². The van der Waals surface area contributed by atoms with E-state index >= 15 is 0 Å². The Balaban J connectivity index is 1.42. The van der Waals surface area contributed by atoms with Crippen LogP contribution in [0.25, 0.3) is 22.3 Å². The van der Waals surface area contributed by atoms with Crippen molar-refractivity contribution in [2.24, 2.45) is 5.92 Å². The predicted octanol–water partition coefficient (Wildman–Crippen LogP) is 7.83. The lowest BCUT2D eigenvalue weighted by molar-refractivity contribution is 0.750. The third-order valence-electron chi connectivity index (χ3n) is 7.85. The van der Waals surface area contributed by atoms with Crippen molar-refractivity contribution in [3.63, 3.8) is 0 Å². The second-order valence-electron chi connectivity index (χ2n) is 10.2. The first-order valence-electron chi connectivity index (χ1n) is 12.7. The van der Waals surface area contributed by atoms with Crippen LogP contribution >= 0.6 is 0 Å². The molecule has 2 saturated carbocycles. The number of hydrogen-bond acceptors (Lipinski definition) is 3. The average molecular weight is 440 g/mol. The SMILES string of the molecule is Cc1c(C)c(-c2ccc(NC3CCCC3)nc2)c(C)c(C)c1-c1ccc(NCC2CC2)cc1. The Kier molecular flexibility index (Phi) is 6.14. The molecule has 0 unspecified atom stereocenters. The van der Waals surface area contributed by atoms with Crippen LogP contribution in [-0.4, -0.2) is 17.6 Å². The molecule has 0 radical (unpaired) electrons. The molecular formula is C30H37N3. The van der Waals surface area contributed by atoms with Gasteiger partial charge in [-0.15, -0.1) is 0 Å². The van der Waals surface area contributed by atoms with Gasteiger partial charge in [-0.25, -0.2) is 4.98 Å². The van der Waals surface area contributed by atoms with Crippen molar-refractivity contribution in [3.05, 3.63) is 64.8 Å². The third kappa shape index (κ3) is 4.64. The van der Waals surface area contributed by atoms with Crippen molar-refractivity contribution in [3.8, 4) is 22.3 Å². The smallest absolute Gasteiger partial charge is 0.126 e. The molecule has 0 amide bonds. The highest BCUT2D eigenvalue weighted by atomic mass is 15.0. The van der Waals surface area contributed by atoms with E-state index in [-0.39, 0.29) is 0 Å². The normalized spacial score (nSPS) is 16.2. The maximum atomic E-state index is 4.77. The molecule has 33 heavy (non-hydrogen) atoms. The van der Waals surface area contributed by atoms with Crippen LogP contribution < -0.4 is 10.6 Å². The van der Waals surface area contributed by atoms with Gasteiger partial charge in [-0.2, -0.15) is 0 Å². The number of anilines is 2. The van der Waals surface area contributed by atoms with Crippen molar-refractivity contribution in [1.29, 1.82) is 0 Å². The first-order valence-corrected chi connectivity index (χ1v) is 12.7. The highest BCUT2D eigenvalue weighted by Crippen LogP contribution is 2.39. The van der Waals surface area contributed by atoms with Gasteiger partial charge >= 0.3 is 0 Å². The first kappa shape index (κ1) is 22.0. The quantitative estimate of drug-likeness (QED) is 0.394. The minimum atomic E-state index is 0.589. The highest BCUT2D eigenvalue weighted by Gasteiger charge is 2.21. The average Bonchev–Trinajstić information content (AvgIpc) is 3.52. The minimum Gasteiger partial charge on any atom is -0.385 e. The molecule has 1 heterocycles. The number of hydrogen-bond donors (Lipinski definition) is 2. The molecule has 3 heteroatoms. The van der Waals surface area contributed by atoms with E-state index in [1.165, 1.54) is 88.7 Å². The van der Waals surface area contributed by atoms with E-state index in [1.54, 1.807) is 0 Å². The summed E-state index contributed by atoms with van der Waals surface area (Å²) in [5.41, 5.74) is 11.9. The van der Waals surface area contributed by atoms with Crippen molar-refractivity contribution in [2.75, 3.05) is 17.2 Å². The van der Waals surface area contributed by atoms with Gasteiger partial charge in [0.05, 0.1) is 0 Å². The Labute approximate surface area is 199 Å². The van der Waals surface area contributed by atoms with Gasteiger partial charge in [0, 0.05) is 30.0 Å². The van der Waals surface area contributed by atoms with Crippen LogP contribution in [0.3, 0.4) is 0 Å². The van der Waals surface area contributed by atoms with Gasteiger partial charge in [0.15, 0.2) is 0 Å². The zero-order valence-electron chi connectivity index (χ0n) is 20.6. The molecule has 2 N–H and O–H groups in total. The summed E-state index contributed by atoms with van der Waals surface area (Å²) in [4.78, 5) is 4.77. The largest absolute Gasteiger partial charge is 0.385 e. The van der Waals surface area contributed by atoms with Gasteiger partial charge in [-0.1, -0.05) is 25.0 Å². The fourth-order valence-electron chi connectivity index (χ4n) is 5.42. The highest BCUT2D eigenvalue weighted by molar-refractivity contribution is 5.83. The van der Waals surface area contributed by atoms with Crippen LogP contribution in [0, 0.1) is 33.6 Å². The van der Waals surface area contributed by atoms with Crippen molar-refractivity contribution in [1.82, 2.24) is 4.98 Å². The van der Waals surface area contributed by atoms with Gasteiger partial charge in [-0.3, -0.25) is 0 Å². The molecule has 3 nitrogen and oxygen atoms in total. The zero-order chi connectivity index (χ0) is 22.9. The summed E-state index contributed by atoms with van der Waals surface area (Å²) in [5.74, 6) is 1.88. The Morgan fingerprint density at radius 1 is 0.727 bits per heavy atom. The van der Waals surface area contributed by atoms with Crippen LogP contribution in [-0.2, 0) is 0 Å². The molecule has 0 aliphatic heterocycles. The summed E-state index contributed by atoms with van der Waals surface area (Å²) in [5, 5.41) is 7.19. The molecule has 0 bridgehead atoms. The molecule has 2 fully saturated rings. The molecule has 2 aliphatic carbocycles. The molecular weight excluding hydrogens is 402 g/mol. The number of nitrogens with zero attached hydrogens (tertiary/aromatic N) is 1. The Morgan fingerprint density at radius 3 is 1.85 bits per heavy atom. The fraction of sp³-hybridized carbons (Fsp3) is 0.433. The zero-order valence-corrected chi connectivity index (χ0v) is 20.6. The molecule has 0 atom stereocenters. The van der Waals surface area contributed by atoms with Crippen LogP contribution in [0.1, 0.15) is 60.8 Å². The Morgan fingerprint density at radius 2 is 1.30 bits per heavy atom. The second-order valence-corrected chi connectivity index (χ2v) is 10.2. The summed E-state index contributed by atoms with van der Waals surface area (Å²) in [6.45, 7) is 10.2. The molecule has 172 valence electrons. The standard InChI is InChI=1S/C30H37N3/c1-19-21(3)30(25-13-16-28(32-18-25)33-27-7-5-6-8-27)22(4)20(2)29(19)24-11-14-26(15-12-24)31-17-23-9-10-23/h11-16,18,23,27,31H,5-10,17H2,1-4H3,(H,32,33). The molecule has 2 aromatic carbocycles. The van der Waals surface area contributed by atoms with E-state index in [4.69, 9.17) is 4.98 Å². The van der Waals surface area contributed by atoms with E-state index < -0.39 is 0 Å². The van der Waals surface area contributed by atoms with Crippen LogP contribution in [0.4, 0.5) is 11.5 Å². The summed E-state index contributed by atoms with van der Waals surface area (Å²) < 4.78 is 0. The van der Waals surface area contributed by atoms with E-state index in [9.17, 15) is 0 Å². The van der Waals surface area contributed by atoms with Gasteiger partial charge in [-0.05, 0) is 123 Å². The van der Waals surface area contributed by atoms with Crippen molar-refractivity contribution >= 4 is 11.5 Å². The molecule has 1 aromatic heterocycles. The predicted molar refractivity (Wildman–Crippen MR) is 141 cm³/mol. The lowest BCUT2D eigenvalue weighted by atomic mass is 9.84. The summed E-state index contributed by atoms with van der Waals surface area (Å²) in [6, 6.07) is 14.0. The summed E-state index contributed by atoms with van der Waals surface area (Å²) in [7, 11) is 0. The third-order valence-corrected chi connectivity index (χ3v) is 7.85. The maximum Gasteiger partial charge on any atom is 0.126 e. The Hall–Kier alpha value is -2.81. The Bertz CT molecular complexity index is 1090. The van der Waals surface area contributed by atoms with Gasteiger partial charge in [0.1, 0.15) is 5.82 Å². The van der Waals surface area contributed by atoms with Crippen LogP contribution in [0.5, 0.6) is 0 Å².